The van der Waals surface area contributed by atoms with Crippen LogP contribution in [0.2, 0.25) is 0 Å². The summed E-state index contributed by atoms with van der Waals surface area (Å²) >= 11 is 0. The van der Waals surface area contributed by atoms with E-state index in [9.17, 15) is 9.59 Å². The SMILES string of the molecule is Cc1ccc(C)c(NC(=O)C(=O)NC2CCCCC2C)c1. The van der Waals surface area contributed by atoms with E-state index in [4.69, 9.17) is 0 Å². The van der Waals surface area contributed by atoms with E-state index in [0.717, 1.165) is 30.4 Å². The summed E-state index contributed by atoms with van der Waals surface area (Å²) in [5.74, 6) is -0.674. The number of hydrogen-bond donors (Lipinski definition) is 2. The molecule has 1 aliphatic carbocycles. The van der Waals surface area contributed by atoms with Gasteiger partial charge in [-0.2, -0.15) is 0 Å². The fourth-order valence-corrected chi connectivity index (χ4v) is 2.81. The second kappa shape index (κ2) is 6.74. The van der Waals surface area contributed by atoms with Crippen LogP contribution >= 0.6 is 0 Å². The van der Waals surface area contributed by atoms with Crippen LogP contribution in [0.3, 0.4) is 0 Å². The molecule has 0 bridgehead atoms. The molecule has 0 spiro atoms. The number of amides is 2. The largest absolute Gasteiger partial charge is 0.345 e. The van der Waals surface area contributed by atoms with Gasteiger partial charge in [-0.15, -0.1) is 0 Å². The zero-order chi connectivity index (χ0) is 15.4. The first kappa shape index (κ1) is 15.5. The Labute approximate surface area is 126 Å². The van der Waals surface area contributed by atoms with Crippen LogP contribution in [0.4, 0.5) is 5.69 Å². The van der Waals surface area contributed by atoms with Crippen molar-refractivity contribution in [2.45, 2.75) is 52.5 Å². The van der Waals surface area contributed by atoms with E-state index in [1.54, 1.807) is 0 Å². The molecule has 1 saturated carbocycles. The third-order valence-electron chi connectivity index (χ3n) is 4.28. The lowest BCUT2D eigenvalue weighted by atomic mass is 9.86. The minimum atomic E-state index is -0.582. The number of hydrogen-bond acceptors (Lipinski definition) is 2. The number of carbonyl (C=O) groups is 2. The Morgan fingerprint density at radius 2 is 1.81 bits per heavy atom. The van der Waals surface area contributed by atoms with Crippen LogP contribution in [-0.4, -0.2) is 17.9 Å². The molecular weight excluding hydrogens is 264 g/mol. The third kappa shape index (κ3) is 4.06. The molecule has 0 aliphatic heterocycles. The first-order valence-electron chi connectivity index (χ1n) is 7.66. The molecule has 1 aromatic carbocycles. The topological polar surface area (TPSA) is 58.2 Å². The van der Waals surface area contributed by atoms with E-state index in [0.29, 0.717) is 11.6 Å². The van der Waals surface area contributed by atoms with Gasteiger partial charge in [-0.1, -0.05) is 31.9 Å². The van der Waals surface area contributed by atoms with E-state index in [-0.39, 0.29) is 6.04 Å². The lowest BCUT2D eigenvalue weighted by molar-refractivity contribution is -0.137. The summed E-state index contributed by atoms with van der Waals surface area (Å²) in [7, 11) is 0. The molecule has 0 radical (unpaired) electrons. The number of rotatable bonds is 2. The molecule has 2 rings (SSSR count). The lowest BCUT2D eigenvalue weighted by Gasteiger charge is -2.29. The van der Waals surface area contributed by atoms with E-state index >= 15 is 0 Å². The van der Waals surface area contributed by atoms with Crippen molar-refractivity contribution >= 4 is 17.5 Å². The van der Waals surface area contributed by atoms with Crippen LogP contribution in [0.1, 0.15) is 43.7 Å². The molecule has 1 aromatic rings. The predicted octanol–water partition coefficient (Wildman–Crippen LogP) is 2.94. The zero-order valence-electron chi connectivity index (χ0n) is 13.0. The molecule has 4 nitrogen and oxygen atoms in total. The quantitative estimate of drug-likeness (QED) is 0.822. The van der Waals surface area contributed by atoms with Crippen LogP contribution in [0.5, 0.6) is 0 Å². The number of nitrogens with one attached hydrogen (secondary N) is 2. The first-order valence-corrected chi connectivity index (χ1v) is 7.66. The summed E-state index contributed by atoms with van der Waals surface area (Å²) in [6.07, 6.45) is 4.41. The molecule has 21 heavy (non-hydrogen) atoms. The molecule has 1 fully saturated rings. The summed E-state index contributed by atoms with van der Waals surface area (Å²) in [5, 5.41) is 5.58. The summed E-state index contributed by atoms with van der Waals surface area (Å²) in [6, 6.07) is 5.92. The van der Waals surface area contributed by atoms with Gasteiger partial charge in [-0.3, -0.25) is 9.59 Å². The fraction of sp³-hybridized carbons (Fsp3) is 0.529. The Kier molecular flexibility index (Phi) is 4.99. The maximum absolute atomic E-state index is 12.0. The highest BCUT2D eigenvalue weighted by molar-refractivity contribution is 6.39. The van der Waals surface area contributed by atoms with Gasteiger partial charge in [-0.05, 0) is 49.8 Å². The second-order valence-corrected chi connectivity index (χ2v) is 6.11. The Hall–Kier alpha value is -1.84. The number of aryl methyl sites for hydroxylation is 2. The Bertz CT molecular complexity index is 540. The van der Waals surface area contributed by atoms with Gasteiger partial charge in [0.1, 0.15) is 0 Å². The van der Waals surface area contributed by atoms with Crippen LogP contribution in [-0.2, 0) is 9.59 Å². The molecule has 2 amide bonds. The normalized spacial score (nSPS) is 21.7. The molecule has 114 valence electrons. The van der Waals surface area contributed by atoms with Crippen molar-refractivity contribution in [3.8, 4) is 0 Å². The van der Waals surface area contributed by atoms with E-state index in [1.165, 1.54) is 6.42 Å². The average molecular weight is 288 g/mol. The van der Waals surface area contributed by atoms with Crippen molar-refractivity contribution in [3.05, 3.63) is 29.3 Å². The highest BCUT2D eigenvalue weighted by atomic mass is 16.2. The van der Waals surface area contributed by atoms with Gasteiger partial charge in [0, 0.05) is 11.7 Å². The molecule has 2 N–H and O–H groups in total. The molecule has 1 aliphatic rings. The smallest absolute Gasteiger partial charge is 0.313 e. The summed E-state index contributed by atoms with van der Waals surface area (Å²) in [5.41, 5.74) is 2.71. The van der Waals surface area contributed by atoms with Gasteiger partial charge in [0.2, 0.25) is 0 Å². The predicted molar refractivity (Wildman–Crippen MR) is 84.1 cm³/mol. The molecule has 2 atom stereocenters. The maximum Gasteiger partial charge on any atom is 0.313 e. The van der Waals surface area contributed by atoms with Crippen molar-refractivity contribution in [1.82, 2.24) is 5.32 Å². The standard InChI is InChI=1S/C17H24N2O2/c1-11-8-9-13(3)15(10-11)19-17(21)16(20)18-14-7-5-4-6-12(14)2/h8-10,12,14H,4-7H2,1-3H3,(H,18,20)(H,19,21). The van der Waals surface area contributed by atoms with Crippen molar-refractivity contribution in [3.63, 3.8) is 0 Å². The fourth-order valence-electron chi connectivity index (χ4n) is 2.81. The van der Waals surface area contributed by atoms with Gasteiger partial charge in [-0.25, -0.2) is 0 Å². The maximum atomic E-state index is 12.0. The van der Waals surface area contributed by atoms with Crippen LogP contribution in [0.25, 0.3) is 0 Å². The Balaban J connectivity index is 1.96. The molecule has 4 heteroatoms. The second-order valence-electron chi connectivity index (χ2n) is 6.11. The van der Waals surface area contributed by atoms with Gasteiger partial charge in [0.25, 0.3) is 0 Å². The van der Waals surface area contributed by atoms with Crippen molar-refractivity contribution < 1.29 is 9.59 Å². The van der Waals surface area contributed by atoms with E-state index in [1.807, 2.05) is 32.0 Å². The van der Waals surface area contributed by atoms with Crippen LogP contribution in [0.15, 0.2) is 18.2 Å². The monoisotopic (exact) mass is 288 g/mol. The Morgan fingerprint density at radius 3 is 2.52 bits per heavy atom. The minimum Gasteiger partial charge on any atom is -0.345 e. The summed E-state index contributed by atoms with van der Waals surface area (Å²) in [6.45, 7) is 6.00. The van der Waals surface area contributed by atoms with Gasteiger partial charge >= 0.3 is 11.8 Å². The molecule has 2 unspecified atom stereocenters. The summed E-state index contributed by atoms with van der Waals surface area (Å²) in [4.78, 5) is 24.1. The number of carbonyl (C=O) groups excluding carboxylic acids is 2. The average Bonchev–Trinajstić information content (AvgIpc) is 2.45. The van der Waals surface area contributed by atoms with Crippen LogP contribution in [0, 0.1) is 19.8 Å². The lowest BCUT2D eigenvalue weighted by Crippen LogP contribution is -2.45. The van der Waals surface area contributed by atoms with Gasteiger partial charge in [0.15, 0.2) is 0 Å². The van der Waals surface area contributed by atoms with Crippen molar-refractivity contribution in [2.24, 2.45) is 5.92 Å². The molecule has 0 saturated heterocycles. The van der Waals surface area contributed by atoms with E-state index < -0.39 is 11.8 Å². The zero-order valence-corrected chi connectivity index (χ0v) is 13.0. The molecular formula is C17H24N2O2. The minimum absolute atomic E-state index is 0.121. The van der Waals surface area contributed by atoms with Gasteiger partial charge in [0.05, 0.1) is 0 Å². The Morgan fingerprint density at radius 1 is 1.10 bits per heavy atom. The van der Waals surface area contributed by atoms with Crippen molar-refractivity contribution in [1.29, 1.82) is 0 Å². The number of anilines is 1. The molecule has 0 heterocycles. The number of benzene rings is 1. The van der Waals surface area contributed by atoms with Crippen molar-refractivity contribution in [2.75, 3.05) is 5.32 Å². The van der Waals surface area contributed by atoms with Gasteiger partial charge < -0.3 is 10.6 Å². The molecule has 0 aromatic heterocycles. The highest BCUT2D eigenvalue weighted by Crippen LogP contribution is 2.23. The van der Waals surface area contributed by atoms with E-state index in [2.05, 4.69) is 17.6 Å². The summed E-state index contributed by atoms with van der Waals surface area (Å²) < 4.78 is 0. The first-order chi connectivity index (χ1) is 9.97. The third-order valence-corrected chi connectivity index (χ3v) is 4.28. The van der Waals surface area contributed by atoms with Crippen LogP contribution < -0.4 is 10.6 Å². The highest BCUT2D eigenvalue weighted by Gasteiger charge is 2.25.